The molecule has 1 aromatic heterocycles. The Morgan fingerprint density at radius 2 is 2.19 bits per heavy atom. The van der Waals surface area contributed by atoms with Gasteiger partial charge in [-0.3, -0.25) is 4.68 Å². The van der Waals surface area contributed by atoms with Gasteiger partial charge in [0.25, 0.3) is 0 Å². The van der Waals surface area contributed by atoms with Crippen molar-refractivity contribution in [1.82, 2.24) is 9.78 Å². The summed E-state index contributed by atoms with van der Waals surface area (Å²) < 4.78 is 1.90. The predicted molar refractivity (Wildman–Crippen MR) is 64.2 cm³/mol. The van der Waals surface area contributed by atoms with Crippen LogP contribution in [0.5, 0.6) is 0 Å². The molecule has 2 aromatic rings. The number of nitrogens with two attached hydrogens (primary N) is 1. The van der Waals surface area contributed by atoms with Crippen LogP contribution in [0, 0.1) is 0 Å². The molecule has 0 fully saturated rings. The molecule has 16 heavy (non-hydrogen) atoms. The highest BCUT2D eigenvalue weighted by Crippen LogP contribution is 2.39. The topological polar surface area (TPSA) is 43.8 Å². The van der Waals surface area contributed by atoms with Gasteiger partial charge in [0, 0.05) is 13.0 Å². The van der Waals surface area contributed by atoms with Gasteiger partial charge in [-0.1, -0.05) is 24.3 Å². The molecule has 3 rings (SSSR count). The fourth-order valence-electron chi connectivity index (χ4n) is 2.73. The van der Waals surface area contributed by atoms with E-state index in [4.69, 9.17) is 5.73 Å². The van der Waals surface area contributed by atoms with Gasteiger partial charge in [0.05, 0.1) is 17.6 Å². The summed E-state index contributed by atoms with van der Waals surface area (Å²) in [4.78, 5) is 0. The summed E-state index contributed by atoms with van der Waals surface area (Å²) in [6.45, 7) is 0. The molecule has 1 atom stereocenters. The number of nitrogens with zero attached hydrogens (tertiary/aromatic N) is 2. The first-order valence-corrected chi connectivity index (χ1v) is 5.62. The summed E-state index contributed by atoms with van der Waals surface area (Å²) in [5.74, 6) is 0.420. The summed E-state index contributed by atoms with van der Waals surface area (Å²) in [6, 6.07) is 8.62. The van der Waals surface area contributed by atoms with Crippen LogP contribution in [0.25, 0.3) is 0 Å². The quantitative estimate of drug-likeness (QED) is 0.788. The lowest BCUT2D eigenvalue weighted by atomic mass is 9.97. The Bertz CT molecular complexity index is 508. The van der Waals surface area contributed by atoms with Crippen LogP contribution in [0.4, 0.5) is 5.69 Å². The highest BCUT2D eigenvalue weighted by atomic mass is 15.3. The number of hydrogen-bond donors (Lipinski definition) is 1. The van der Waals surface area contributed by atoms with Crippen molar-refractivity contribution in [1.29, 1.82) is 0 Å². The fourth-order valence-corrected chi connectivity index (χ4v) is 2.73. The van der Waals surface area contributed by atoms with Crippen LogP contribution < -0.4 is 5.73 Å². The minimum Gasteiger partial charge on any atom is -0.396 e. The highest BCUT2D eigenvalue weighted by molar-refractivity contribution is 5.50. The molecule has 0 spiro atoms. The number of rotatable bonds is 1. The molecule has 0 aliphatic heterocycles. The Kier molecular flexibility index (Phi) is 1.99. The highest BCUT2D eigenvalue weighted by Gasteiger charge is 2.27. The third-order valence-electron chi connectivity index (χ3n) is 3.48. The van der Waals surface area contributed by atoms with Crippen molar-refractivity contribution in [3.05, 3.63) is 47.3 Å². The molecule has 1 aliphatic rings. The average molecular weight is 213 g/mol. The maximum Gasteiger partial charge on any atom is 0.0739 e. The van der Waals surface area contributed by atoms with Crippen molar-refractivity contribution < 1.29 is 0 Å². The smallest absolute Gasteiger partial charge is 0.0739 e. The van der Waals surface area contributed by atoms with Crippen molar-refractivity contribution in [3.63, 3.8) is 0 Å². The van der Waals surface area contributed by atoms with Crippen molar-refractivity contribution in [2.45, 2.75) is 18.8 Å². The van der Waals surface area contributed by atoms with Gasteiger partial charge >= 0.3 is 0 Å². The summed E-state index contributed by atoms with van der Waals surface area (Å²) in [5, 5.41) is 4.23. The second-order valence-electron chi connectivity index (χ2n) is 4.40. The van der Waals surface area contributed by atoms with Gasteiger partial charge < -0.3 is 5.73 Å². The lowest BCUT2D eigenvalue weighted by Gasteiger charge is -2.13. The van der Waals surface area contributed by atoms with E-state index in [2.05, 4.69) is 29.4 Å². The number of aryl methyl sites for hydroxylation is 2. The molecule has 0 bridgehead atoms. The molecule has 0 amide bonds. The summed E-state index contributed by atoms with van der Waals surface area (Å²) >= 11 is 0. The first-order chi connectivity index (χ1) is 7.77. The van der Waals surface area contributed by atoms with Crippen LogP contribution in [0.2, 0.25) is 0 Å². The van der Waals surface area contributed by atoms with E-state index in [1.165, 1.54) is 11.1 Å². The van der Waals surface area contributed by atoms with E-state index in [0.717, 1.165) is 24.2 Å². The monoisotopic (exact) mass is 213 g/mol. The largest absolute Gasteiger partial charge is 0.396 e. The third kappa shape index (κ3) is 1.24. The van der Waals surface area contributed by atoms with E-state index in [-0.39, 0.29) is 0 Å². The van der Waals surface area contributed by atoms with E-state index in [1.807, 2.05) is 11.7 Å². The Balaban J connectivity index is 2.11. The van der Waals surface area contributed by atoms with Gasteiger partial charge in [0.2, 0.25) is 0 Å². The van der Waals surface area contributed by atoms with E-state index in [9.17, 15) is 0 Å². The second kappa shape index (κ2) is 3.37. The van der Waals surface area contributed by atoms with E-state index in [0.29, 0.717) is 5.92 Å². The second-order valence-corrected chi connectivity index (χ2v) is 4.40. The van der Waals surface area contributed by atoms with Crippen LogP contribution in [0.3, 0.4) is 0 Å². The molecular formula is C13H15N3. The molecule has 2 N–H and O–H groups in total. The molecular weight excluding hydrogens is 198 g/mol. The van der Waals surface area contributed by atoms with Gasteiger partial charge in [-0.15, -0.1) is 0 Å². The maximum atomic E-state index is 6.00. The van der Waals surface area contributed by atoms with Crippen molar-refractivity contribution in [2.75, 3.05) is 5.73 Å². The van der Waals surface area contributed by atoms with Crippen LogP contribution in [-0.2, 0) is 13.5 Å². The lowest BCUT2D eigenvalue weighted by Crippen LogP contribution is -2.06. The molecule has 1 aromatic carbocycles. The van der Waals surface area contributed by atoms with Crippen molar-refractivity contribution in [3.8, 4) is 0 Å². The molecule has 3 nitrogen and oxygen atoms in total. The minimum absolute atomic E-state index is 0.420. The van der Waals surface area contributed by atoms with Crippen LogP contribution in [-0.4, -0.2) is 9.78 Å². The van der Waals surface area contributed by atoms with Gasteiger partial charge in [0.15, 0.2) is 0 Å². The molecule has 3 heteroatoms. The number of benzene rings is 1. The third-order valence-corrected chi connectivity index (χ3v) is 3.48. The van der Waals surface area contributed by atoms with Crippen molar-refractivity contribution >= 4 is 5.69 Å². The zero-order valence-corrected chi connectivity index (χ0v) is 9.35. The van der Waals surface area contributed by atoms with Crippen LogP contribution in [0.1, 0.15) is 29.2 Å². The van der Waals surface area contributed by atoms with Crippen molar-refractivity contribution in [2.24, 2.45) is 7.05 Å². The van der Waals surface area contributed by atoms with Gasteiger partial charge in [-0.2, -0.15) is 5.10 Å². The minimum atomic E-state index is 0.420. The number of nitrogen functional groups attached to an aromatic ring is 1. The number of hydrogen-bond acceptors (Lipinski definition) is 2. The Labute approximate surface area is 94.9 Å². The van der Waals surface area contributed by atoms with E-state index >= 15 is 0 Å². The predicted octanol–water partition coefficient (Wildman–Crippen LogP) is 2.08. The molecule has 1 aliphatic carbocycles. The molecule has 1 heterocycles. The Hall–Kier alpha value is -1.77. The zero-order valence-electron chi connectivity index (χ0n) is 9.35. The maximum absolute atomic E-state index is 6.00. The first-order valence-electron chi connectivity index (χ1n) is 5.62. The summed E-state index contributed by atoms with van der Waals surface area (Å²) in [6.07, 6.45) is 4.03. The molecule has 0 saturated carbocycles. The number of fused-ring (bicyclic) bond motifs is 1. The standard InChI is InChI=1S/C13H15N3/c1-16-13(12(14)8-15-16)11-7-6-9-4-2-3-5-10(9)11/h2-5,8,11H,6-7,14H2,1H3. The SMILES string of the molecule is Cn1ncc(N)c1C1CCc2ccccc21. The normalized spacial score (nSPS) is 18.7. The lowest BCUT2D eigenvalue weighted by molar-refractivity contribution is 0.656. The molecule has 0 radical (unpaired) electrons. The van der Waals surface area contributed by atoms with E-state index in [1.54, 1.807) is 6.20 Å². The fraction of sp³-hybridized carbons (Fsp3) is 0.308. The van der Waals surface area contributed by atoms with E-state index < -0.39 is 0 Å². The molecule has 82 valence electrons. The first kappa shape index (κ1) is 9.46. The molecule has 0 saturated heterocycles. The Morgan fingerprint density at radius 1 is 1.38 bits per heavy atom. The number of aromatic nitrogens is 2. The van der Waals surface area contributed by atoms with Gasteiger partial charge in [0.1, 0.15) is 0 Å². The number of anilines is 1. The Morgan fingerprint density at radius 3 is 2.94 bits per heavy atom. The van der Waals surface area contributed by atoms with Crippen LogP contribution in [0.15, 0.2) is 30.5 Å². The van der Waals surface area contributed by atoms with Gasteiger partial charge in [-0.25, -0.2) is 0 Å². The van der Waals surface area contributed by atoms with Gasteiger partial charge in [-0.05, 0) is 24.0 Å². The molecule has 1 unspecified atom stereocenters. The average Bonchev–Trinajstić information content (AvgIpc) is 2.83. The van der Waals surface area contributed by atoms with Crippen LogP contribution >= 0.6 is 0 Å². The zero-order chi connectivity index (χ0) is 11.1. The summed E-state index contributed by atoms with van der Waals surface area (Å²) in [5.41, 5.74) is 10.8. The summed E-state index contributed by atoms with van der Waals surface area (Å²) in [7, 11) is 1.96.